The van der Waals surface area contributed by atoms with Crippen LogP contribution in [0.15, 0.2) is 10.7 Å². The van der Waals surface area contributed by atoms with Gasteiger partial charge in [0.05, 0.1) is 12.5 Å². The number of hydrogen-bond donors (Lipinski definition) is 1. The second-order valence-electron chi connectivity index (χ2n) is 2.17. The van der Waals surface area contributed by atoms with Crippen LogP contribution >= 0.6 is 0 Å². The number of nitrogens with one attached hydrogen (secondary N) is 1. The molecular weight excluding hydrogens is 168 g/mol. The van der Waals surface area contributed by atoms with E-state index in [4.69, 9.17) is 0 Å². The number of sulfonamides is 1. The van der Waals surface area contributed by atoms with Crippen LogP contribution in [0.4, 0.5) is 5.69 Å². The van der Waals surface area contributed by atoms with Crippen LogP contribution in [0.1, 0.15) is 5.76 Å². The Morgan fingerprint density at radius 3 is 2.64 bits per heavy atom. The molecule has 1 aromatic rings. The first-order chi connectivity index (χ1) is 4.99. The van der Waals surface area contributed by atoms with Crippen LogP contribution in [0, 0.1) is 6.92 Å². The number of anilines is 1. The summed E-state index contributed by atoms with van der Waals surface area (Å²) in [6.45, 7) is 1.63. The molecule has 0 amide bonds. The van der Waals surface area contributed by atoms with Crippen molar-refractivity contribution in [2.75, 3.05) is 11.0 Å². The second-order valence-corrected chi connectivity index (χ2v) is 3.92. The van der Waals surface area contributed by atoms with E-state index in [-0.39, 0.29) is 0 Å². The molecule has 1 aromatic heterocycles. The fourth-order valence-electron chi connectivity index (χ4n) is 0.596. The topological polar surface area (TPSA) is 72.2 Å². The van der Waals surface area contributed by atoms with Crippen molar-refractivity contribution >= 4 is 15.7 Å². The summed E-state index contributed by atoms with van der Waals surface area (Å²) in [5, 5.41) is 3.40. The Morgan fingerprint density at radius 1 is 1.64 bits per heavy atom. The van der Waals surface area contributed by atoms with Crippen LogP contribution in [0.25, 0.3) is 0 Å². The van der Waals surface area contributed by atoms with Gasteiger partial charge in [0.25, 0.3) is 0 Å². The van der Waals surface area contributed by atoms with Crippen molar-refractivity contribution in [2.24, 2.45) is 0 Å². The molecule has 0 aromatic carbocycles. The SMILES string of the molecule is Cc1oncc1NS(C)(=O)=O. The quantitative estimate of drug-likeness (QED) is 0.705. The Bertz CT molecular complexity index is 340. The van der Waals surface area contributed by atoms with Gasteiger partial charge >= 0.3 is 0 Å². The van der Waals surface area contributed by atoms with Crippen LogP contribution in [-0.4, -0.2) is 19.8 Å². The van der Waals surface area contributed by atoms with E-state index in [2.05, 4.69) is 14.4 Å². The normalized spacial score (nSPS) is 11.5. The average Bonchev–Trinajstić information content (AvgIpc) is 2.12. The first kappa shape index (κ1) is 8.06. The van der Waals surface area contributed by atoms with Crippen LogP contribution in [0.2, 0.25) is 0 Å². The molecule has 6 heteroatoms. The zero-order valence-corrected chi connectivity index (χ0v) is 6.97. The summed E-state index contributed by atoms with van der Waals surface area (Å²) in [4.78, 5) is 0. The Kier molecular flexibility index (Phi) is 1.86. The molecule has 0 aliphatic carbocycles. The highest BCUT2D eigenvalue weighted by molar-refractivity contribution is 7.92. The molecule has 1 N–H and O–H groups in total. The summed E-state index contributed by atoms with van der Waals surface area (Å²) in [5.41, 5.74) is 0.382. The van der Waals surface area contributed by atoms with Crippen LogP contribution in [0.3, 0.4) is 0 Å². The molecule has 1 heterocycles. The molecule has 0 unspecified atom stereocenters. The van der Waals surface area contributed by atoms with Crippen molar-refractivity contribution in [1.82, 2.24) is 5.16 Å². The van der Waals surface area contributed by atoms with E-state index in [0.29, 0.717) is 11.4 Å². The summed E-state index contributed by atoms with van der Waals surface area (Å²) in [5.74, 6) is 0.454. The van der Waals surface area contributed by atoms with Gasteiger partial charge in [-0.1, -0.05) is 5.16 Å². The van der Waals surface area contributed by atoms with E-state index < -0.39 is 10.0 Å². The van der Waals surface area contributed by atoms with E-state index in [9.17, 15) is 8.42 Å². The number of rotatable bonds is 2. The predicted octanol–water partition coefficient (Wildman–Crippen LogP) is 0.355. The predicted molar refractivity (Wildman–Crippen MR) is 39.7 cm³/mol. The van der Waals surface area contributed by atoms with Crippen LogP contribution < -0.4 is 4.72 Å². The monoisotopic (exact) mass is 176 g/mol. The highest BCUT2D eigenvalue weighted by Crippen LogP contribution is 2.12. The molecule has 0 fully saturated rings. The van der Waals surface area contributed by atoms with E-state index in [0.717, 1.165) is 6.26 Å². The van der Waals surface area contributed by atoms with Gasteiger partial charge in [0.1, 0.15) is 5.69 Å². The zero-order chi connectivity index (χ0) is 8.48. The molecule has 0 saturated carbocycles. The lowest BCUT2D eigenvalue weighted by Crippen LogP contribution is -2.09. The van der Waals surface area contributed by atoms with Gasteiger partial charge < -0.3 is 4.52 Å². The summed E-state index contributed by atoms with van der Waals surface area (Å²) < 4.78 is 28.2. The van der Waals surface area contributed by atoms with E-state index >= 15 is 0 Å². The van der Waals surface area contributed by atoms with E-state index in [1.165, 1.54) is 6.20 Å². The third-order valence-electron chi connectivity index (χ3n) is 1.05. The summed E-state index contributed by atoms with van der Waals surface area (Å²) in [7, 11) is -3.22. The van der Waals surface area contributed by atoms with Gasteiger partial charge in [0.2, 0.25) is 10.0 Å². The summed E-state index contributed by atoms with van der Waals surface area (Å²) >= 11 is 0. The molecule has 11 heavy (non-hydrogen) atoms. The Balaban J connectivity index is 2.89. The molecule has 62 valence electrons. The molecule has 0 saturated heterocycles. The Labute approximate surface area is 64.4 Å². The number of nitrogens with zero attached hydrogens (tertiary/aromatic N) is 1. The van der Waals surface area contributed by atoms with Crippen LogP contribution in [0.5, 0.6) is 0 Å². The largest absolute Gasteiger partial charge is 0.359 e. The average molecular weight is 176 g/mol. The fraction of sp³-hybridized carbons (Fsp3) is 0.400. The van der Waals surface area contributed by atoms with Gasteiger partial charge in [-0.15, -0.1) is 0 Å². The van der Waals surface area contributed by atoms with Crippen molar-refractivity contribution in [3.8, 4) is 0 Å². The van der Waals surface area contributed by atoms with Gasteiger partial charge in [-0.2, -0.15) is 0 Å². The minimum Gasteiger partial charge on any atom is -0.359 e. The molecule has 0 bridgehead atoms. The van der Waals surface area contributed by atoms with Crippen LogP contribution in [-0.2, 0) is 10.0 Å². The summed E-state index contributed by atoms with van der Waals surface area (Å²) in [6, 6.07) is 0. The third kappa shape index (κ3) is 2.23. The minimum atomic E-state index is -3.22. The van der Waals surface area contributed by atoms with E-state index in [1.54, 1.807) is 6.92 Å². The lowest BCUT2D eigenvalue weighted by atomic mass is 10.4. The molecule has 5 nitrogen and oxygen atoms in total. The highest BCUT2D eigenvalue weighted by Gasteiger charge is 2.06. The second kappa shape index (κ2) is 2.54. The van der Waals surface area contributed by atoms with Gasteiger partial charge in [-0.05, 0) is 6.92 Å². The summed E-state index contributed by atoms with van der Waals surface area (Å²) in [6.07, 6.45) is 2.38. The van der Waals surface area contributed by atoms with Crippen molar-refractivity contribution < 1.29 is 12.9 Å². The van der Waals surface area contributed by atoms with Gasteiger partial charge in [0, 0.05) is 0 Å². The lowest BCUT2D eigenvalue weighted by Gasteiger charge is -1.97. The maximum Gasteiger partial charge on any atom is 0.229 e. The van der Waals surface area contributed by atoms with Crippen molar-refractivity contribution in [3.63, 3.8) is 0 Å². The zero-order valence-electron chi connectivity index (χ0n) is 6.16. The standard InChI is InChI=1S/C5H8N2O3S/c1-4-5(3-6-10-4)7-11(2,8)9/h3,7H,1-2H3. The molecule has 0 radical (unpaired) electrons. The molecule has 1 rings (SSSR count). The van der Waals surface area contributed by atoms with Gasteiger partial charge in [0.15, 0.2) is 5.76 Å². The first-order valence-corrected chi connectivity index (χ1v) is 4.77. The van der Waals surface area contributed by atoms with Crippen molar-refractivity contribution in [1.29, 1.82) is 0 Å². The number of aromatic nitrogens is 1. The maximum atomic E-state index is 10.7. The Morgan fingerprint density at radius 2 is 2.27 bits per heavy atom. The molecule has 0 spiro atoms. The smallest absolute Gasteiger partial charge is 0.229 e. The molecule has 0 aliphatic heterocycles. The van der Waals surface area contributed by atoms with Gasteiger partial charge in [-0.25, -0.2) is 8.42 Å². The lowest BCUT2D eigenvalue weighted by molar-refractivity contribution is 0.398. The number of hydrogen-bond acceptors (Lipinski definition) is 4. The molecule has 0 aliphatic rings. The fourth-order valence-corrected chi connectivity index (χ4v) is 1.19. The maximum absolute atomic E-state index is 10.7. The van der Waals surface area contributed by atoms with Crippen molar-refractivity contribution in [2.45, 2.75) is 6.92 Å². The highest BCUT2D eigenvalue weighted by atomic mass is 32.2. The number of aryl methyl sites for hydroxylation is 1. The molecular formula is C5H8N2O3S. The first-order valence-electron chi connectivity index (χ1n) is 2.88. The van der Waals surface area contributed by atoms with E-state index in [1.807, 2.05) is 0 Å². The minimum absolute atomic E-state index is 0.382. The third-order valence-corrected chi connectivity index (χ3v) is 1.64. The molecule has 0 atom stereocenters. The Hall–Kier alpha value is -1.04. The van der Waals surface area contributed by atoms with Gasteiger partial charge in [-0.3, -0.25) is 4.72 Å². The van der Waals surface area contributed by atoms with Crippen molar-refractivity contribution in [3.05, 3.63) is 12.0 Å².